The normalized spacial score (nSPS) is 21.0. The zero-order valence-corrected chi connectivity index (χ0v) is 39.0. The van der Waals surface area contributed by atoms with E-state index in [0.717, 1.165) is 31.4 Å². The summed E-state index contributed by atoms with van der Waals surface area (Å²) in [4.78, 5) is 65.7. The standard InChI is InChI=1S/C42H70N2O12S3/c1-10-35-30(3)37(55-32(5)46)36(44-31(4)45)38(56-35)53-23-15-13-12-14-17-34(48)20-24-52-27-26-51-22-16-18-33(47)19-21-41(6,43-8)29-42(7,59-40(57)58-11-2)39(49)54-28-25-50-9/h30,35-38H,10-29H2,1-7,9H3,(H,44,45)/t30-,35+,36-,37-,38+,41?,42?/m0/s1. The van der Waals surface area contributed by atoms with E-state index in [-0.39, 0.29) is 55.6 Å². The van der Waals surface area contributed by atoms with Crippen molar-refractivity contribution in [2.24, 2.45) is 5.92 Å². The molecule has 0 spiro atoms. The number of ketones is 2. The van der Waals surface area contributed by atoms with Crippen molar-refractivity contribution < 1.29 is 57.1 Å². The third kappa shape index (κ3) is 23.0. The summed E-state index contributed by atoms with van der Waals surface area (Å²) >= 11 is 8.17. The predicted molar refractivity (Wildman–Crippen MR) is 234 cm³/mol. The number of esters is 2. The summed E-state index contributed by atoms with van der Waals surface area (Å²) in [6.07, 6.45) is 4.91. The van der Waals surface area contributed by atoms with E-state index in [1.165, 1.54) is 44.5 Å². The van der Waals surface area contributed by atoms with Crippen LogP contribution in [0, 0.1) is 12.5 Å². The van der Waals surface area contributed by atoms with Gasteiger partial charge >= 0.3 is 11.9 Å². The molecule has 0 saturated carbocycles. The number of unbranched alkanes of at least 4 members (excludes halogenated alkanes) is 3. The van der Waals surface area contributed by atoms with Crippen molar-refractivity contribution in [1.29, 1.82) is 0 Å². The number of ether oxygens (including phenoxy) is 7. The van der Waals surface area contributed by atoms with Crippen LogP contribution in [0.2, 0.25) is 0 Å². The molecule has 17 heteroatoms. The summed E-state index contributed by atoms with van der Waals surface area (Å²) in [6, 6.07) is -0.607. The van der Waals surface area contributed by atoms with Gasteiger partial charge in [-0.3, -0.25) is 24.0 Å². The summed E-state index contributed by atoms with van der Waals surface area (Å²) in [5, 5.41) is 2.85. The van der Waals surface area contributed by atoms with E-state index in [1.54, 1.807) is 13.8 Å². The molecule has 0 aromatic rings. The van der Waals surface area contributed by atoms with Crippen LogP contribution in [-0.4, -0.2) is 127 Å². The van der Waals surface area contributed by atoms with Crippen LogP contribution in [0.15, 0.2) is 0 Å². The van der Waals surface area contributed by atoms with E-state index in [0.29, 0.717) is 75.1 Å². The number of methoxy groups -OCH3 is 1. The Labute approximate surface area is 366 Å². The highest BCUT2D eigenvalue weighted by molar-refractivity contribution is 8.47. The lowest BCUT2D eigenvalue weighted by Gasteiger charge is -2.44. The number of thiocarbonyl (C=S) groups is 1. The average Bonchev–Trinajstić information content (AvgIpc) is 3.17. The molecule has 0 radical (unpaired) electrons. The second kappa shape index (κ2) is 30.8. The number of thioether (sulfide) groups is 2. The van der Waals surface area contributed by atoms with E-state index >= 15 is 0 Å². The summed E-state index contributed by atoms with van der Waals surface area (Å²) in [6.45, 7) is 22.3. The van der Waals surface area contributed by atoms with Gasteiger partial charge in [-0.05, 0) is 38.4 Å². The van der Waals surface area contributed by atoms with Crippen LogP contribution < -0.4 is 5.32 Å². The first-order valence-corrected chi connectivity index (χ1v) is 23.1. The number of hydrogen-bond donors (Lipinski definition) is 1. The maximum Gasteiger partial charge on any atom is 0.322 e. The van der Waals surface area contributed by atoms with Crippen molar-refractivity contribution in [2.75, 3.05) is 59.1 Å². The van der Waals surface area contributed by atoms with Crippen LogP contribution >= 0.6 is 35.7 Å². The minimum absolute atomic E-state index is 0.0297. The van der Waals surface area contributed by atoms with Crippen molar-refractivity contribution in [3.8, 4) is 0 Å². The van der Waals surface area contributed by atoms with Gasteiger partial charge in [0.05, 0.1) is 39.0 Å². The van der Waals surface area contributed by atoms with Crippen LogP contribution in [0.5, 0.6) is 0 Å². The molecular formula is C42H70N2O12S3. The summed E-state index contributed by atoms with van der Waals surface area (Å²) in [5.74, 6) is -0.304. The Balaban J connectivity index is 2.26. The zero-order chi connectivity index (χ0) is 44.3. The fourth-order valence-corrected chi connectivity index (χ4v) is 9.90. The third-order valence-electron chi connectivity index (χ3n) is 9.86. The summed E-state index contributed by atoms with van der Waals surface area (Å²) in [7, 11) is 1.52. The van der Waals surface area contributed by atoms with Gasteiger partial charge in [0.1, 0.15) is 38.6 Å². The second-order valence-electron chi connectivity index (χ2n) is 15.2. The molecule has 0 aromatic carbocycles. The van der Waals surface area contributed by atoms with E-state index < -0.39 is 40.7 Å². The Morgan fingerprint density at radius 1 is 0.847 bits per heavy atom. The first kappa shape index (κ1) is 54.8. The number of nitrogens with one attached hydrogen (secondary N) is 1. The molecule has 1 saturated heterocycles. The molecule has 0 aromatic heterocycles. The smallest absolute Gasteiger partial charge is 0.322 e. The summed E-state index contributed by atoms with van der Waals surface area (Å²) < 4.78 is 38.9. The van der Waals surface area contributed by atoms with Crippen molar-refractivity contribution in [3.63, 3.8) is 0 Å². The van der Waals surface area contributed by atoms with E-state index in [2.05, 4.69) is 10.2 Å². The van der Waals surface area contributed by atoms with Crippen LogP contribution in [0.1, 0.15) is 126 Å². The fraction of sp³-hybridized carbons (Fsp3) is 0.833. The molecular weight excluding hydrogens is 821 g/mol. The van der Waals surface area contributed by atoms with Crippen molar-refractivity contribution in [2.45, 2.75) is 160 Å². The van der Waals surface area contributed by atoms with Gasteiger partial charge in [0, 0.05) is 79.1 Å². The summed E-state index contributed by atoms with van der Waals surface area (Å²) in [5.41, 5.74) is -0.959. The van der Waals surface area contributed by atoms with E-state index in [1.807, 2.05) is 20.8 Å². The number of rotatable bonds is 32. The molecule has 1 aliphatic rings. The van der Waals surface area contributed by atoms with Gasteiger partial charge in [-0.2, -0.15) is 0 Å². The van der Waals surface area contributed by atoms with Gasteiger partial charge in [0.15, 0.2) is 6.29 Å². The molecule has 14 nitrogen and oxygen atoms in total. The number of hydrogen-bond acceptors (Lipinski definition) is 15. The molecule has 0 bridgehead atoms. The molecule has 1 fully saturated rings. The molecule has 338 valence electrons. The maximum atomic E-state index is 13.1. The largest absolute Gasteiger partial charge is 0.462 e. The molecule has 2 unspecified atom stereocenters. The van der Waals surface area contributed by atoms with Gasteiger partial charge in [0.25, 0.3) is 0 Å². The first-order valence-electron chi connectivity index (χ1n) is 20.8. The Bertz CT molecular complexity index is 1350. The number of amides is 1. The minimum Gasteiger partial charge on any atom is -0.462 e. The highest BCUT2D eigenvalue weighted by Gasteiger charge is 2.48. The third-order valence-corrected chi connectivity index (χ3v) is 12.5. The lowest BCUT2D eigenvalue weighted by molar-refractivity contribution is -0.253. The number of carbonyl (C=O) groups excluding carboxylic acids is 5. The number of Topliss-reactive ketones (excluding diaryl/α,β-unsaturated/α-hetero) is 2. The SMILES string of the molecule is [C-]#[N+]C(C)(CCC(=O)CCCOCCOCCC(=O)CCCCCCO[C@@H]1O[C@H](CC)[C@H](C)[C@H](OC(C)=O)[C@@H]1NC(C)=O)CC(C)(SC(=S)SCC)C(=O)OCCOC. The molecule has 1 amide bonds. The quantitative estimate of drug-likeness (QED) is 0.0315. The fourth-order valence-electron chi connectivity index (χ4n) is 6.72. The Hall–Kier alpha value is -2.17. The second-order valence-corrected chi connectivity index (χ2v) is 19.2. The maximum absolute atomic E-state index is 13.1. The van der Waals surface area contributed by atoms with Crippen molar-refractivity contribution in [1.82, 2.24) is 5.32 Å². The van der Waals surface area contributed by atoms with Crippen LogP contribution in [0.3, 0.4) is 0 Å². The van der Waals surface area contributed by atoms with Gasteiger partial charge in [0.2, 0.25) is 11.4 Å². The molecule has 1 aliphatic heterocycles. The molecule has 1 heterocycles. The van der Waals surface area contributed by atoms with Crippen LogP contribution in [0.25, 0.3) is 4.85 Å². The van der Waals surface area contributed by atoms with Crippen molar-refractivity contribution >= 4 is 68.7 Å². The predicted octanol–water partition coefficient (Wildman–Crippen LogP) is 7.07. The Morgan fingerprint density at radius 3 is 2.14 bits per heavy atom. The first-order chi connectivity index (χ1) is 28.0. The average molecular weight is 891 g/mol. The highest BCUT2D eigenvalue weighted by Crippen LogP contribution is 2.41. The molecule has 7 atom stereocenters. The number of carbonyl (C=O) groups is 5. The van der Waals surface area contributed by atoms with Crippen molar-refractivity contribution in [3.05, 3.63) is 11.4 Å². The Morgan fingerprint density at radius 2 is 1.51 bits per heavy atom. The topological polar surface area (TPSA) is 166 Å². The molecule has 0 aliphatic carbocycles. The molecule has 1 rings (SSSR count). The minimum atomic E-state index is -1.08. The van der Waals surface area contributed by atoms with Gasteiger partial charge in [-0.1, -0.05) is 57.6 Å². The number of nitrogens with zero attached hydrogens (tertiary/aromatic N) is 1. The van der Waals surface area contributed by atoms with E-state index in [9.17, 15) is 24.0 Å². The lowest BCUT2D eigenvalue weighted by Crippen LogP contribution is -2.62. The van der Waals surface area contributed by atoms with Crippen LogP contribution in [0.4, 0.5) is 0 Å². The highest BCUT2D eigenvalue weighted by atomic mass is 32.2. The van der Waals surface area contributed by atoms with Crippen LogP contribution in [-0.2, 0) is 57.1 Å². The Kier molecular flexibility index (Phi) is 28.6. The zero-order valence-electron chi connectivity index (χ0n) is 36.6. The van der Waals surface area contributed by atoms with Gasteiger partial charge < -0.3 is 43.3 Å². The molecule has 59 heavy (non-hydrogen) atoms. The molecule has 1 N–H and O–H groups in total. The van der Waals surface area contributed by atoms with Gasteiger partial charge in [-0.15, -0.1) is 11.8 Å². The monoisotopic (exact) mass is 890 g/mol. The van der Waals surface area contributed by atoms with Gasteiger partial charge in [-0.25, -0.2) is 6.57 Å². The van der Waals surface area contributed by atoms with E-state index in [4.69, 9.17) is 51.9 Å². The lowest BCUT2D eigenvalue weighted by atomic mass is 9.85.